The van der Waals surface area contributed by atoms with Gasteiger partial charge in [0.25, 0.3) is 0 Å². The summed E-state index contributed by atoms with van der Waals surface area (Å²) in [5.74, 6) is 1.81. The van der Waals surface area contributed by atoms with E-state index in [-0.39, 0.29) is 0 Å². The fourth-order valence-corrected chi connectivity index (χ4v) is 4.54. The molecule has 0 unspecified atom stereocenters. The molecule has 0 saturated heterocycles. The topological polar surface area (TPSA) is 49.7 Å². The number of para-hydroxylation sites is 2. The molecule has 4 aromatic rings. The average molecular weight is 420 g/mol. The summed E-state index contributed by atoms with van der Waals surface area (Å²) in [5.41, 5.74) is 3.89. The van der Waals surface area contributed by atoms with E-state index in [1.54, 1.807) is 0 Å². The molecular weight excluding hydrogens is 394 g/mol. The first-order valence-corrected chi connectivity index (χ1v) is 11.0. The second-order valence-electron chi connectivity index (χ2n) is 8.20. The Balaban J connectivity index is 1.52. The fraction of sp³-hybridized carbons (Fsp3) is 0.333. The molecule has 6 heteroatoms. The van der Waals surface area contributed by atoms with Crippen molar-refractivity contribution < 1.29 is 0 Å². The highest BCUT2D eigenvalue weighted by Crippen LogP contribution is 2.26. The van der Waals surface area contributed by atoms with Crippen LogP contribution in [0.2, 0.25) is 5.02 Å². The smallest absolute Gasteiger partial charge is 0.158 e. The second-order valence-corrected chi connectivity index (χ2v) is 8.63. The lowest BCUT2D eigenvalue weighted by Gasteiger charge is -2.31. The Bertz CT molecular complexity index is 1110. The molecule has 1 fully saturated rings. The molecule has 1 aliphatic rings. The highest BCUT2D eigenvalue weighted by molar-refractivity contribution is 6.30. The number of H-pyrrole nitrogens is 1. The van der Waals surface area contributed by atoms with Crippen LogP contribution in [0.25, 0.3) is 28.2 Å². The van der Waals surface area contributed by atoms with Crippen molar-refractivity contribution in [2.75, 3.05) is 7.05 Å². The largest absolute Gasteiger partial charge is 0.337 e. The average Bonchev–Trinajstić information content (AvgIpc) is 3.39. The molecule has 5 rings (SSSR count). The first kappa shape index (κ1) is 19.3. The zero-order valence-electron chi connectivity index (χ0n) is 17.2. The van der Waals surface area contributed by atoms with Gasteiger partial charge in [0.05, 0.1) is 17.6 Å². The van der Waals surface area contributed by atoms with Gasteiger partial charge in [0, 0.05) is 22.9 Å². The maximum Gasteiger partial charge on any atom is 0.158 e. The maximum atomic E-state index is 6.12. The third-order valence-electron chi connectivity index (χ3n) is 6.10. The molecule has 1 saturated carbocycles. The lowest BCUT2D eigenvalue weighted by molar-refractivity contribution is 0.180. The van der Waals surface area contributed by atoms with Crippen molar-refractivity contribution in [3.05, 3.63) is 65.6 Å². The number of hydrogen-bond acceptors (Lipinski definition) is 3. The van der Waals surface area contributed by atoms with Crippen LogP contribution < -0.4 is 0 Å². The first-order valence-electron chi connectivity index (χ1n) is 10.7. The molecule has 0 bridgehead atoms. The van der Waals surface area contributed by atoms with Crippen LogP contribution in [0, 0.1) is 0 Å². The third kappa shape index (κ3) is 3.87. The summed E-state index contributed by atoms with van der Waals surface area (Å²) in [7, 11) is 2.22. The Hall–Kier alpha value is -2.63. The van der Waals surface area contributed by atoms with Crippen LogP contribution in [0.15, 0.2) is 54.7 Å². The predicted molar refractivity (Wildman–Crippen MR) is 122 cm³/mol. The van der Waals surface area contributed by atoms with Gasteiger partial charge < -0.3 is 9.55 Å². The number of nitrogens with zero attached hydrogens (tertiary/aromatic N) is 4. The van der Waals surface area contributed by atoms with E-state index in [0.29, 0.717) is 6.04 Å². The maximum absolute atomic E-state index is 6.12. The number of imidazole rings is 2. The fourth-order valence-electron chi connectivity index (χ4n) is 4.42. The summed E-state index contributed by atoms with van der Waals surface area (Å²) in [6, 6.07) is 16.6. The summed E-state index contributed by atoms with van der Waals surface area (Å²) in [6.07, 6.45) is 8.63. The Morgan fingerprint density at radius 1 is 1.03 bits per heavy atom. The van der Waals surface area contributed by atoms with E-state index in [4.69, 9.17) is 21.6 Å². The van der Waals surface area contributed by atoms with Gasteiger partial charge in [-0.25, -0.2) is 9.97 Å². The molecule has 2 aromatic carbocycles. The van der Waals surface area contributed by atoms with E-state index >= 15 is 0 Å². The van der Waals surface area contributed by atoms with Gasteiger partial charge in [0.1, 0.15) is 11.5 Å². The SMILES string of the molecule is CN(Cc1nc(-c2nc3ccccc3[nH]2)cn1-c1ccc(Cl)cc1)C1CCCCC1. The van der Waals surface area contributed by atoms with E-state index in [1.165, 1.54) is 32.1 Å². The van der Waals surface area contributed by atoms with Crippen molar-refractivity contribution in [3.8, 4) is 17.2 Å². The highest BCUT2D eigenvalue weighted by atomic mass is 35.5. The van der Waals surface area contributed by atoms with Crippen molar-refractivity contribution in [1.29, 1.82) is 0 Å². The molecule has 2 aromatic heterocycles. The van der Waals surface area contributed by atoms with E-state index in [2.05, 4.69) is 27.7 Å². The van der Waals surface area contributed by atoms with Crippen molar-refractivity contribution in [1.82, 2.24) is 24.4 Å². The second kappa shape index (κ2) is 8.25. The van der Waals surface area contributed by atoms with Gasteiger partial charge in [0.15, 0.2) is 5.82 Å². The molecule has 1 aliphatic carbocycles. The number of aromatic nitrogens is 4. The Kier molecular flexibility index (Phi) is 5.32. The Morgan fingerprint density at radius 3 is 2.57 bits per heavy atom. The quantitative estimate of drug-likeness (QED) is 0.442. The molecule has 0 aliphatic heterocycles. The Morgan fingerprint density at radius 2 is 1.80 bits per heavy atom. The summed E-state index contributed by atoms with van der Waals surface area (Å²) in [4.78, 5) is 15.6. The standard InChI is InChI=1S/C24H26ClN5/c1-29(18-7-3-2-4-8-18)16-23-26-22(15-30(23)19-13-11-17(25)12-14-19)24-27-20-9-5-6-10-21(20)28-24/h5-6,9-15,18H,2-4,7-8,16H2,1H3,(H,27,28). The molecule has 0 spiro atoms. The molecule has 0 atom stereocenters. The van der Waals surface area contributed by atoms with Crippen molar-refractivity contribution >= 4 is 22.6 Å². The minimum Gasteiger partial charge on any atom is -0.337 e. The van der Waals surface area contributed by atoms with Crippen LogP contribution in [0.3, 0.4) is 0 Å². The van der Waals surface area contributed by atoms with Crippen LogP contribution in [0.1, 0.15) is 37.9 Å². The molecule has 0 radical (unpaired) electrons. The zero-order chi connectivity index (χ0) is 20.5. The monoisotopic (exact) mass is 419 g/mol. The minimum absolute atomic E-state index is 0.628. The van der Waals surface area contributed by atoms with Gasteiger partial charge >= 0.3 is 0 Å². The summed E-state index contributed by atoms with van der Waals surface area (Å²) in [6.45, 7) is 0.799. The number of halogens is 1. The lowest BCUT2D eigenvalue weighted by atomic mass is 9.94. The Labute approximate surface area is 181 Å². The van der Waals surface area contributed by atoms with E-state index < -0.39 is 0 Å². The van der Waals surface area contributed by atoms with Gasteiger partial charge in [-0.2, -0.15) is 0 Å². The number of aromatic amines is 1. The van der Waals surface area contributed by atoms with Crippen molar-refractivity contribution in [3.63, 3.8) is 0 Å². The third-order valence-corrected chi connectivity index (χ3v) is 6.36. The van der Waals surface area contributed by atoms with E-state index in [1.807, 2.05) is 48.5 Å². The van der Waals surface area contributed by atoms with Crippen LogP contribution in [-0.4, -0.2) is 37.5 Å². The van der Waals surface area contributed by atoms with Gasteiger partial charge in [0.2, 0.25) is 0 Å². The number of fused-ring (bicyclic) bond motifs is 1. The molecule has 30 heavy (non-hydrogen) atoms. The zero-order valence-corrected chi connectivity index (χ0v) is 17.9. The molecule has 5 nitrogen and oxygen atoms in total. The van der Waals surface area contributed by atoms with Crippen molar-refractivity contribution in [2.45, 2.75) is 44.7 Å². The normalized spacial score (nSPS) is 15.3. The first-order chi connectivity index (χ1) is 14.7. The van der Waals surface area contributed by atoms with Crippen molar-refractivity contribution in [2.24, 2.45) is 0 Å². The van der Waals surface area contributed by atoms with Gasteiger partial charge in [-0.15, -0.1) is 0 Å². The summed E-state index contributed by atoms with van der Waals surface area (Å²) >= 11 is 6.12. The van der Waals surface area contributed by atoms with Gasteiger partial charge in [-0.05, 0) is 56.3 Å². The van der Waals surface area contributed by atoms with Crippen LogP contribution in [0.4, 0.5) is 0 Å². The van der Waals surface area contributed by atoms with Gasteiger partial charge in [-0.1, -0.05) is 43.0 Å². The number of nitrogens with one attached hydrogen (secondary N) is 1. The van der Waals surface area contributed by atoms with Gasteiger partial charge in [-0.3, -0.25) is 4.90 Å². The number of benzene rings is 2. The molecule has 154 valence electrons. The molecule has 0 amide bonds. The molecular formula is C24H26ClN5. The highest BCUT2D eigenvalue weighted by Gasteiger charge is 2.21. The van der Waals surface area contributed by atoms with Crippen LogP contribution in [0.5, 0.6) is 0 Å². The molecule has 2 heterocycles. The minimum atomic E-state index is 0.628. The summed E-state index contributed by atoms with van der Waals surface area (Å²) < 4.78 is 2.16. The van der Waals surface area contributed by atoms with E-state index in [0.717, 1.165) is 45.6 Å². The summed E-state index contributed by atoms with van der Waals surface area (Å²) in [5, 5.41) is 0.734. The number of hydrogen-bond donors (Lipinski definition) is 1. The van der Waals surface area contributed by atoms with E-state index in [9.17, 15) is 0 Å². The lowest BCUT2D eigenvalue weighted by Crippen LogP contribution is -2.33. The molecule has 1 N–H and O–H groups in total. The van der Waals surface area contributed by atoms with Crippen LogP contribution >= 0.6 is 11.6 Å². The predicted octanol–water partition coefficient (Wildman–Crippen LogP) is 5.83. The van der Waals surface area contributed by atoms with Crippen LogP contribution in [-0.2, 0) is 6.54 Å². The number of rotatable bonds is 5.